The van der Waals surface area contributed by atoms with Gasteiger partial charge >= 0.3 is 0 Å². The number of carbonyl (C=O) groups excluding carboxylic acids is 1. The summed E-state index contributed by atoms with van der Waals surface area (Å²) in [5, 5.41) is 13.6. The van der Waals surface area contributed by atoms with Crippen molar-refractivity contribution in [1.29, 1.82) is 0 Å². The maximum absolute atomic E-state index is 11.3. The molecule has 1 saturated heterocycles. The summed E-state index contributed by atoms with van der Waals surface area (Å²) in [5.41, 5.74) is -0.626. The van der Waals surface area contributed by atoms with Crippen LogP contribution in [0, 0.1) is 5.41 Å². The first-order valence-corrected chi connectivity index (χ1v) is 9.03. The standard InChI is InChI=1S/C12H25NO2Si/c1-11(2,3)16(5,6)10(15)12(4)7-9(14)13-8-12/h10,15H,7-8H2,1-6H3,(H,13,14). The molecule has 16 heavy (non-hydrogen) atoms. The maximum Gasteiger partial charge on any atom is 0.220 e. The van der Waals surface area contributed by atoms with Crippen LogP contribution >= 0.6 is 0 Å². The number of amides is 1. The lowest BCUT2D eigenvalue weighted by Crippen LogP contribution is -2.57. The number of aliphatic hydroxyl groups is 1. The molecule has 94 valence electrons. The van der Waals surface area contributed by atoms with Gasteiger partial charge in [-0.05, 0) is 5.04 Å². The van der Waals surface area contributed by atoms with Crippen molar-refractivity contribution in [2.75, 3.05) is 6.54 Å². The van der Waals surface area contributed by atoms with Crippen LogP contribution in [0.5, 0.6) is 0 Å². The number of hydrogen-bond donors (Lipinski definition) is 2. The Morgan fingerprint density at radius 1 is 1.44 bits per heavy atom. The lowest BCUT2D eigenvalue weighted by Gasteiger charge is -2.46. The Balaban J connectivity index is 2.93. The molecule has 4 heteroatoms. The van der Waals surface area contributed by atoms with Crippen molar-refractivity contribution >= 4 is 14.0 Å². The fourth-order valence-electron chi connectivity index (χ4n) is 2.27. The van der Waals surface area contributed by atoms with E-state index >= 15 is 0 Å². The molecule has 1 aliphatic rings. The quantitative estimate of drug-likeness (QED) is 0.728. The van der Waals surface area contributed by atoms with E-state index in [1.54, 1.807) is 0 Å². The van der Waals surface area contributed by atoms with Crippen molar-refractivity contribution < 1.29 is 9.90 Å². The predicted octanol–water partition coefficient (Wildman–Crippen LogP) is 1.92. The first kappa shape index (κ1) is 13.7. The molecule has 2 unspecified atom stereocenters. The molecule has 0 aromatic rings. The van der Waals surface area contributed by atoms with Gasteiger partial charge in [0.05, 0.1) is 13.8 Å². The average molecular weight is 243 g/mol. The fraction of sp³-hybridized carbons (Fsp3) is 0.917. The van der Waals surface area contributed by atoms with Crippen molar-refractivity contribution in [3.05, 3.63) is 0 Å². The summed E-state index contributed by atoms with van der Waals surface area (Å²) < 4.78 is 0. The first-order valence-electron chi connectivity index (χ1n) is 5.95. The van der Waals surface area contributed by atoms with Gasteiger partial charge in [-0.25, -0.2) is 0 Å². The summed E-state index contributed by atoms with van der Waals surface area (Å²) in [6.45, 7) is 13.6. The lowest BCUT2D eigenvalue weighted by molar-refractivity contribution is -0.119. The van der Waals surface area contributed by atoms with E-state index in [-0.39, 0.29) is 22.1 Å². The van der Waals surface area contributed by atoms with Gasteiger partial charge in [0.2, 0.25) is 5.91 Å². The number of nitrogens with one attached hydrogen (secondary N) is 1. The van der Waals surface area contributed by atoms with Crippen LogP contribution in [-0.4, -0.2) is 31.4 Å². The van der Waals surface area contributed by atoms with Gasteiger partial charge in [-0.3, -0.25) is 4.79 Å². The molecule has 1 rings (SSSR count). The van der Waals surface area contributed by atoms with E-state index in [9.17, 15) is 9.90 Å². The summed E-state index contributed by atoms with van der Waals surface area (Å²) in [6.07, 6.45) is 0.459. The highest BCUT2D eigenvalue weighted by Crippen LogP contribution is 2.45. The predicted molar refractivity (Wildman–Crippen MR) is 68.9 cm³/mol. The molecule has 0 saturated carbocycles. The van der Waals surface area contributed by atoms with Gasteiger partial charge in [-0.1, -0.05) is 40.8 Å². The molecule has 1 heterocycles. The topological polar surface area (TPSA) is 49.3 Å². The Hall–Kier alpha value is -0.353. The molecule has 0 aromatic carbocycles. The van der Waals surface area contributed by atoms with Gasteiger partial charge < -0.3 is 10.4 Å². The molecule has 1 aliphatic heterocycles. The molecule has 0 radical (unpaired) electrons. The van der Waals surface area contributed by atoms with Crippen LogP contribution in [-0.2, 0) is 4.79 Å². The largest absolute Gasteiger partial charge is 0.396 e. The van der Waals surface area contributed by atoms with Crippen LogP contribution in [0.2, 0.25) is 18.1 Å². The molecule has 0 aliphatic carbocycles. The van der Waals surface area contributed by atoms with Gasteiger partial charge in [-0.15, -0.1) is 0 Å². The molecule has 0 bridgehead atoms. The number of hydrogen-bond acceptors (Lipinski definition) is 2. The van der Waals surface area contributed by atoms with Crippen LogP contribution in [0.15, 0.2) is 0 Å². The van der Waals surface area contributed by atoms with E-state index in [0.717, 1.165) is 0 Å². The highest BCUT2D eigenvalue weighted by atomic mass is 28.3. The molecule has 0 aromatic heterocycles. The van der Waals surface area contributed by atoms with Crippen molar-refractivity contribution in [1.82, 2.24) is 5.32 Å². The minimum Gasteiger partial charge on any atom is -0.396 e. The zero-order chi connectivity index (χ0) is 12.8. The van der Waals surface area contributed by atoms with Gasteiger partial charge in [0, 0.05) is 18.4 Å². The van der Waals surface area contributed by atoms with E-state index in [4.69, 9.17) is 0 Å². The summed E-state index contributed by atoms with van der Waals surface area (Å²) in [5.74, 6) is 0.0697. The lowest BCUT2D eigenvalue weighted by atomic mass is 9.90. The molecule has 2 N–H and O–H groups in total. The monoisotopic (exact) mass is 243 g/mol. The molecule has 1 fully saturated rings. The summed E-state index contributed by atoms with van der Waals surface area (Å²) >= 11 is 0. The zero-order valence-corrected chi connectivity index (χ0v) is 12.3. The summed E-state index contributed by atoms with van der Waals surface area (Å²) in [7, 11) is -1.81. The second kappa shape index (κ2) is 3.84. The minimum absolute atomic E-state index is 0.0697. The Morgan fingerprint density at radius 3 is 2.25 bits per heavy atom. The van der Waals surface area contributed by atoms with Crippen LogP contribution in [0.4, 0.5) is 0 Å². The molecule has 1 amide bonds. The van der Waals surface area contributed by atoms with Crippen molar-refractivity contribution in [3.8, 4) is 0 Å². The molecule has 2 atom stereocenters. The second-order valence-electron chi connectivity index (χ2n) is 6.98. The number of aliphatic hydroxyl groups excluding tert-OH is 1. The Morgan fingerprint density at radius 2 is 1.94 bits per heavy atom. The van der Waals surface area contributed by atoms with Gasteiger partial charge in [-0.2, -0.15) is 0 Å². The third kappa shape index (κ3) is 2.18. The Kier molecular flexibility index (Phi) is 3.29. The van der Waals surface area contributed by atoms with E-state index < -0.39 is 8.07 Å². The van der Waals surface area contributed by atoms with Crippen molar-refractivity contribution in [2.45, 2.75) is 58.0 Å². The smallest absolute Gasteiger partial charge is 0.220 e. The highest BCUT2D eigenvalue weighted by Gasteiger charge is 2.52. The van der Waals surface area contributed by atoms with E-state index in [1.165, 1.54) is 0 Å². The molecule has 0 spiro atoms. The van der Waals surface area contributed by atoms with Gasteiger partial charge in [0.1, 0.15) is 0 Å². The third-order valence-corrected chi connectivity index (χ3v) is 10.5. The Bertz CT molecular complexity index is 296. The molecular formula is C12H25NO2Si. The minimum atomic E-state index is -1.81. The highest BCUT2D eigenvalue weighted by molar-refractivity contribution is 6.81. The zero-order valence-electron chi connectivity index (χ0n) is 11.3. The van der Waals surface area contributed by atoms with E-state index in [0.29, 0.717) is 13.0 Å². The Labute approximate surface area is 99.6 Å². The van der Waals surface area contributed by atoms with Crippen molar-refractivity contribution in [3.63, 3.8) is 0 Å². The maximum atomic E-state index is 11.3. The fourth-order valence-corrected chi connectivity index (χ4v) is 5.03. The first-order chi connectivity index (χ1) is 7.01. The van der Waals surface area contributed by atoms with E-state index in [2.05, 4.69) is 39.2 Å². The molecular weight excluding hydrogens is 218 g/mol. The van der Waals surface area contributed by atoms with Crippen LogP contribution in [0.25, 0.3) is 0 Å². The number of rotatable bonds is 2. The second-order valence-corrected chi connectivity index (χ2v) is 12.5. The van der Waals surface area contributed by atoms with Crippen LogP contribution in [0.3, 0.4) is 0 Å². The van der Waals surface area contributed by atoms with Crippen LogP contribution < -0.4 is 5.32 Å². The third-order valence-electron chi connectivity index (χ3n) is 4.53. The SMILES string of the molecule is CC1(C(O)[Si](C)(C)C(C)(C)C)CNC(=O)C1. The summed E-state index contributed by atoms with van der Waals surface area (Å²) in [6, 6.07) is 0. The average Bonchev–Trinajstić information content (AvgIpc) is 2.44. The van der Waals surface area contributed by atoms with Crippen molar-refractivity contribution in [2.24, 2.45) is 5.41 Å². The normalized spacial score (nSPS) is 29.1. The molecule has 3 nitrogen and oxygen atoms in total. The van der Waals surface area contributed by atoms with Gasteiger partial charge in [0.15, 0.2) is 0 Å². The number of carbonyl (C=O) groups is 1. The van der Waals surface area contributed by atoms with Gasteiger partial charge in [0.25, 0.3) is 0 Å². The van der Waals surface area contributed by atoms with Crippen LogP contribution in [0.1, 0.15) is 34.1 Å². The van der Waals surface area contributed by atoms with E-state index in [1.807, 2.05) is 6.92 Å². The summed E-state index contributed by atoms with van der Waals surface area (Å²) in [4.78, 5) is 11.3.